The Morgan fingerprint density at radius 3 is 2.72 bits per heavy atom. The number of thioether (sulfide) groups is 1. The minimum absolute atomic E-state index is 0.244. The van der Waals surface area contributed by atoms with Crippen LogP contribution >= 0.6 is 11.8 Å². The first kappa shape index (κ1) is 13.1. The first-order valence-corrected chi connectivity index (χ1v) is 7.06. The first-order valence-electron chi connectivity index (χ1n) is 6.07. The molecule has 1 heterocycles. The molecule has 18 heavy (non-hydrogen) atoms. The van der Waals surface area contributed by atoms with Gasteiger partial charge in [-0.1, -0.05) is 25.1 Å². The summed E-state index contributed by atoms with van der Waals surface area (Å²) in [7, 11) is 0. The molecular formula is C14H17N3S. The van der Waals surface area contributed by atoms with E-state index in [1.54, 1.807) is 12.4 Å². The van der Waals surface area contributed by atoms with E-state index in [0.717, 1.165) is 18.0 Å². The molecule has 0 radical (unpaired) electrons. The lowest BCUT2D eigenvalue weighted by molar-refractivity contribution is 0.588. The van der Waals surface area contributed by atoms with E-state index in [-0.39, 0.29) is 6.04 Å². The Morgan fingerprint density at radius 1 is 1.22 bits per heavy atom. The summed E-state index contributed by atoms with van der Waals surface area (Å²) in [5.41, 5.74) is 1.00. The van der Waals surface area contributed by atoms with Crippen LogP contribution in [0.2, 0.25) is 0 Å². The van der Waals surface area contributed by atoms with Crippen molar-refractivity contribution in [3.05, 3.63) is 54.6 Å². The summed E-state index contributed by atoms with van der Waals surface area (Å²) >= 11 is 1.83. The van der Waals surface area contributed by atoms with Gasteiger partial charge in [0.05, 0.1) is 11.7 Å². The van der Waals surface area contributed by atoms with Crippen LogP contribution in [0, 0.1) is 0 Å². The van der Waals surface area contributed by atoms with E-state index in [2.05, 4.69) is 46.5 Å². The van der Waals surface area contributed by atoms with E-state index in [4.69, 9.17) is 0 Å². The summed E-state index contributed by atoms with van der Waals surface area (Å²) in [4.78, 5) is 9.78. The molecule has 0 bridgehead atoms. The van der Waals surface area contributed by atoms with Gasteiger partial charge in [0, 0.05) is 29.2 Å². The monoisotopic (exact) mass is 259 g/mol. The highest BCUT2D eigenvalue weighted by Crippen LogP contribution is 2.23. The van der Waals surface area contributed by atoms with Crippen LogP contribution in [0.4, 0.5) is 0 Å². The van der Waals surface area contributed by atoms with Gasteiger partial charge in [-0.25, -0.2) is 0 Å². The highest BCUT2D eigenvalue weighted by atomic mass is 32.2. The van der Waals surface area contributed by atoms with Gasteiger partial charge in [0.1, 0.15) is 0 Å². The smallest absolute Gasteiger partial charge is 0.0764 e. The number of hydrogen-bond donors (Lipinski definition) is 1. The molecule has 2 rings (SSSR count). The number of hydrogen-bond acceptors (Lipinski definition) is 4. The van der Waals surface area contributed by atoms with Gasteiger partial charge < -0.3 is 5.32 Å². The molecule has 0 amide bonds. The molecule has 1 aromatic carbocycles. The van der Waals surface area contributed by atoms with E-state index in [1.165, 1.54) is 4.90 Å². The maximum Gasteiger partial charge on any atom is 0.0764 e. The van der Waals surface area contributed by atoms with Crippen molar-refractivity contribution in [2.24, 2.45) is 0 Å². The molecule has 0 aliphatic carbocycles. The van der Waals surface area contributed by atoms with Crippen LogP contribution < -0.4 is 5.32 Å². The van der Waals surface area contributed by atoms with Gasteiger partial charge in [-0.2, -0.15) is 0 Å². The molecule has 1 unspecified atom stereocenters. The third-order valence-electron chi connectivity index (χ3n) is 2.55. The second-order valence-electron chi connectivity index (χ2n) is 3.86. The van der Waals surface area contributed by atoms with Gasteiger partial charge in [-0.15, -0.1) is 11.8 Å². The molecule has 0 spiro atoms. The summed E-state index contributed by atoms with van der Waals surface area (Å²) in [5, 5.41) is 3.45. The molecule has 3 nitrogen and oxygen atoms in total. The zero-order chi connectivity index (χ0) is 12.6. The van der Waals surface area contributed by atoms with E-state index < -0.39 is 0 Å². The zero-order valence-corrected chi connectivity index (χ0v) is 11.2. The summed E-state index contributed by atoms with van der Waals surface area (Å²) in [6.45, 7) is 3.03. The quantitative estimate of drug-likeness (QED) is 0.809. The fourth-order valence-corrected chi connectivity index (χ4v) is 2.68. The van der Waals surface area contributed by atoms with E-state index in [9.17, 15) is 0 Å². The molecular weight excluding hydrogens is 242 g/mol. The predicted molar refractivity (Wildman–Crippen MR) is 75.6 cm³/mol. The van der Waals surface area contributed by atoms with E-state index >= 15 is 0 Å². The molecule has 0 fully saturated rings. The van der Waals surface area contributed by atoms with Crippen molar-refractivity contribution in [3.8, 4) is 0 Å². The average molecular weight is 259 g/mol. The Morgan fingerprint density at radius 2 is 2.06 bits per heavy atom. The highest BCUT2D eigenvalue weighted by molar-refractivity contribution is 7.99. The van der Waals surface area contributed by atoms with Crippen LogP contribution in [-0.2, 0) is 0 Å². The maximum atomic E-state index is 4.37. The number of rotatable bonds is 6. The first-order chi connectivity index (χ1) is 8.90. The number of aromatic nitrogens is 2. The molecule has 2 aromatic rings. The summed E-state index contributed by atoms with van der Waals surface area (Å²) in [5.74, 6) is 0.955. The van der Waals surface area contributed by atoms with Gasteiger partial charge in [0.2, 0.25) is 0 Å². The number of benzene rings is 1. The van der Waals surface area contributed by atoms with Crippen molar-refractivity contribution in [2.75, 3.05) is 12.3 Å². The summed E-state index contributed by atoms with van der Waals surface area (Å²) in [6, 6.07) is 10.7. The van der Waals surface area contributed by atoms with Crippen molar-refractivity contribution in [3.63, 3.8) is 0 Å². The van der Waals surface area contributed by atoms with Gasteiger partial charge in [0.15, 0.2) is 0 Å². The number of nitrogens with one attached hydrogen (secondary N) is 1. The van der Waals surface area contributed by atoms with Crippen molar-refractivity contribution in [1.82, 2.24) is 15.3 Å². The predicted octanol–water partition coefficient (Wildman–Crippen LogP) is 2.92. The fourth-order valence-electron chi connectivity index (χ4n) is 1.68. The molecule has 0 aliphatic heterocycles. The lowest BCUT2D eigenvalue weighted by atomic mass is 10.2. The average Bonchev–Trinajstić information content (AvgIpc) is 2.45. The van der Waals surface area contributed by atoms with Gasteiger partial charge in [0.25, 0.3) is 0 Å². The van der Waals surface area contributed by atoms with Crippen LogP contribution in [0.25, 0.3) is 0 Å². The Labute approximate surface area is 112 Å². The zero-order valence-electron chi connectivity index (χ0n) is 10.4. The minimum atomic E-state index is 0.244. The molecule has 1 aromatic heterocycles. The van der Waals surface area contributed by atoms with Crippen LogP contribution in [0.15, 0.2) is 53.8 Å². The van der Waals surface area contributed by atoms with Crippen LogP contribution in [0.3, 0.4) is 0 Å². The van der Waals surface area contributed by atoms with Gasteiger partial charge in [-0.05, 0) is 18.7 Å². The fraction of sp³-hybridized carbons (Fsp3) is 0.286. The standard InChI is InChI=1S/C14H17N3S/c1-2-16-14(13-10-15-8-9-17-13)11-18-12-6-4-3-5-7-12/h3-10,14,16H,2,11H2,1H3. The molecule has 1 N–H and O–H groups in total. The largest absolute Gasteiger partial charge is 0.308 e. The molecule has 0 saturated heterocycles. The molecule has 94 valence electrons. The van der Waals surface area contributed by atoms with Crippen molar-refractivity contribution in [1.29, 1.82) is 0 Å². The topological polar surface area (TPSA) is 37.8 Å². The lowest BCUT2D eigenvalue weighted by Gasteiger charge is -2.16. The van der Waals surface area contributed by atoms with E-state index in [1.807, 2.05) is 24.0 Å². The van der Waals surface area contributed by atoms with E-state index in [0.29, 0.717) is 0 Å². The number of nitrogens with zero attached hydrogens (tertiary/aromatic N) is 2. The molecule has 0 aliphatic rings. The Balaban J connectivity index is 1.99. The van der Waals surface area contributed by atoms with Crippen molar-refractivity contribution in [2.45, 2.75) is 17.9 Å². The van der Waals surface area contributed by atoms with Gasteiger partial charge in [-0.3, -0.25) is 9.97 Å². The third-order valence-corrected chi connectivity index (χ3v) is 3.66. The second kappa shape index (κ2) is 7.13. The Bertz CT molecular complexity index is 447. The second-order valence-corrected chi connectivity index (χ2v) is 4.96. The van der Waals surface area contributed by atoms with Crippen molar-refractivity contribution < 1.29 is 0 Å². The summed E-state index contributed by atoms with van der Waals surface area (Å²) < 4.78 is 0. The molecule has 1 atom stereocenters. The van der Waals surface area contributed by atoms with Crippen molar-refractivity contribution >= 4 is 11.8 Å². The van der Waals surface area contributed by atoms with Crippen LogP contribution in [0.5, 0.6) is 0 Å². The third kappa shape index (κ3) is 3.82. The minimum Gasteiger partial charge on any atom is -0.308 e. The van der Waals surface area contributed by atoms with Crippen LogP contribution in [-0.4, -0.2) is 22.3 Å². The van der Waals surface area contributed by atoms with Gasteiger partial charge >= 0.3 is 0 Å². The normalized spacial score (nSPS) is 12.3. The Hall–Kier alpha value is -1.39. The highest BCUT2D eigenvalue weighted by Gasteiger charge is 2.11. The maximum absolute atomic E-state index is 4.37. The SMILES string of the molecule is CCNC(CSc1ccccc1)c1cnccn1. The molecule has 4 heteroatoms. The summed E-state index contributed by atoms with van der Waals surface area (Å²) in [6.07, 6.45) is 5.28. The Kier molecular flexibility index (Phi) is 5.17. The molecule has 0 saturated carbocycles. The lowest BCUT2D eigenvalue weighted by Crippen LogP contribution is -2.24. The van der Waals surface area contributed by atoms with Crippen LogP contribution in [0.1, 0.15) is 18.7 Å².